The van der Waals surface area contributed by atoms with Gasteiger partial charge in [-0.1, -0.05) is 30.7 Å². The largest absolute Gasteiger partial charge is 0.352 e. The normalized spacial score (nSPS) is 11.5. The van der Waals surface area contributed by atoms with Gasteiger partial charge in [0.05, 0.1) is 17.4 Å². The topological polar surface area (TPSA) is 61.3 Å². The molecule has 0 N–H and O–H groups in total. The highest BCUT2D eigenvalue weighted by Crippen LogP contribution is 2.17. The number of aromatic nitrogens is 4. The van der Waals surface area contributed by atoms with E-state index in [0.717, 1.165) is 0 Å². The van der Waals surface area contributed by atoms with Gasteiger partial charge in [-0.15, -0.1) is 5.10 Å². The van der Waals surface area contributed by atoms with Crippen molar-refractivity contribution in [2.75, 3.05) is 0 Å². The second-order valence-electron chi connectivity index (χ2n) is 6.32. The quantitative estimate of drug-likeness (QED) is 0.541. The number of hydrogen-bond acceptors (Lipinski definition) is 3. The van der Waals surface area contributed by atoms with Gasteiger partial charge in [0, 0.05) is 11.6 Å². The number of benzene rings is 2. The van der Waals surface area contributed by atoms with Gasteiger partial charge < -0.3 is 0 Å². The molecule has 0 saturated carbocycles. The SMILES string of the molecule is CCCn1c(=O)c2ccc(Cl)cc2n2c(=O)n(Cc3cccc(F)c3)nc12. The van der Waals surface area contributed by atoms with Crippen molar-refractivity contribution < 1.29 is 4.39 Å². The van der Waals surface area contributed by atoms with E-state index >= 15 is 0 Å². The lowest BCUT2D eigenvalue weighted by Gasteiger charge is -2.08. The lowest BCUT2D eigenvalue weighted by atomic mass is 10.2. The fraction of sp³-hybridized carbons (Fsp3) is 0.211. The molecule has 0 saturated heterocycles. The number of hydrogen-bond donors (Lipinski definition) is 0. The van der Waals surface area contributed by atoms with E-state index in [4.69, 9.17) is 11.6 Å². The minimum absolute atomic E-state index is 0.0979. The number of rotatable bonds is 4. The van der Waals surface area contributed by atoms with Crippen LogP contribution in [0.25, 0.3) is 16.7 Å². The van der Waals surface area contributed by atoms with Gasteiger partial charge in [0.2, 0.25) is 5.78 Å². The van der Waals surface area contributed by atoms with Gasteiger partial charge in [-0.25, -0.2) is 18.3 Å². The fourth-order valence-electron chi connectivity index (χ4n) is 3.23. The highest BCUT2D eigenvalue weighted by atomic mass is 35.5. The molecule has 138 valence electrons. The first kappa shape index (κ1) is 17.5. The van der Waals surface area contributed by atoms with Crippen LogP contribution in [-0.2, 0) is 13.1 Å². The maximum atomic E-state index is 13.5. The van der Waals surface area contributed by atoms with Crippen LogP contribution in [0.4, 0.5) is 4.39 Å². The summed E-state index contributed by atoms with van der Waals surface area (Å²) < 4.78 is 17.6. The van der Waals surface area contributed by atoms with Gasteiger partial charge in [0.15, 0.2) is 0 Å². The summed E-state index contributed by atoms with van der Waals surface area (Å²) in [5, 5.41) is 5.17. The lowest BCUT2D eigenvalue weighted by molar-refractivity contribution is 0.613. The zero-order valence-electron chi connectivity index (χ0n) is 14.5. The Bertz CT molecular complexity index is 1290. The summed E-state index contributed by atoms with van der Waals surface area (Å²) in [5.74, 6) is -0.137. The van der Waals surface area contributed by atoms with Crippen LogP contribution in [0.2, 0.25) is 5.02 Å². The summed E-state index contributed by atoms with van der Waals surface area (Å²) in [4.78, 5) is 25.9. The molecule has 0 bridgehead atoms. The third kappa shape index (κ3) is 2.94. The van der Waals surface area contributed by atoms with Gasteiger partial charge in [-0.2, -0.15) is 0 Å². The number of aryl methyl sites for hydroxylation is 1. The smallest absolute Gasteiger partial charge is 0.276 e. The summed E-state index contributed by atoms with van der Waals surface area (Å²) in [6.45, 7) is 2.47. The van der Waals surface area contributed by atoms with E-state index in [1.165, 1.54) is 25.8 Å². The highest BCUT2D eigenvalue weighted by molar-refractivity contribution is 6.31. The van der Waals surface area contributed by atoms with Crippen LogP contribution in [0.1, 0.15) is 18.9 Å². The summed E-state index contributed by atoms with van der Waals surface area (Å²) in [5.41, 5.74) is 0.378. The minimum atomic E-state index is -0.411. The summed E-state index contributed by atoms with van der Waals surface area (Å²) in [7, 11) is 0. The van der Waals surface area contributed by atoms with E-state index in [1.54, 1.807) is 30.3 Å². The Morgan fingerprint density at radius 2 is 1.96 bits per heavy atom. The first-order valence-electron chi connectivity index (χ1n) is 8.55. The van der Waals surface area contributed by atoms with Crippen molar-refractivity contribution in [3.05, 3.63) is 79.7 Å². The zero-order chi connectivity index (χ0) is 19.1. The third-order valence-corrected chi connectivity index (χ3v) is 4.64. The molecule has 2 aromatic carbocycles. The molecule has 2 heterocycles. The van der Waals surface area contributed by atoms with Crippen molar-refractivity contribution in [2.45, 2.75) is 26.4 Å². The van der Waals surface area contributed by atoms with Crippen LogP contribution < -0.4 is 11.2 Å². The lowest BCUT2D eigenvalue weighted by Crippen LogP contribution is -2.26. The Morgan fingerprint density at radius 1 is 1.15 bits per heavy atom. The molecule has 0 aliphatic rings. The van der Waals surface area contributed by atoms with Gasteiger partial charge in [-0.3, -0.25) is 9.36 Å². The molecule has 4 aromatic rings. The predicted molar refractivity (Wildman–Crippen MR) is 102 cm³/mol. The van der Waals surface area contributed by atoms with Crippen molar-refractivity contribution in [1.82, 2.24) is 18.7 Å². The molecular formula is C19H16ClFN4O2. The Labute approximate surface area is 158 Å². The molecule has 0 amide bonds. The van der Waals surface area contributed by atoms with Crippen molar-refractivity contribution in [2.24, 2.45) is 0 Å². The molecular weight excluding hydrogens is 371 g/mol. The molecule has 8 heteroatoms. The van der Waals surface area contributed by atoms with Crippen molar-refractivity contribution in [1.29, 1.82) is 0 Å². The highest BCUT2D eigenvalue weighted by Gasteiger charge is 2.17. The molecule has 0 aliphatic carbocycles. The molecule has 0 unspecified atom stereocenters. The van der Waals surface area contributed by atoms with E-state index in [2.05, 4.69) is 5.10 Å². The maximum Gasteiger partial charge on any atom is 0.352 e. The average molecular weight is 387 g/mol. The van der Waals surface area contributed by atoms with E-state index in [0.29, 0.717) is 34.5 Å². The molecule has 4 rings (SSSR count). The average Bonchev–Trinajstić information content (AvgIpc) is 2.95. The van der Waals surface area contributed by atoms with Crippen LogP contribution in [0.15, 0.2) is 52.1 Å². The van der Waals surface area contributed by atoms with Crippen LogP contribution in [0, 0.1) is 5.82 Å². The van der Waals surface area contributed by atoms with Crippen molar-refractivity contribution in [3.8, 4) is 0 Å². The molecule has 2 aromatic heterocycles. The van der Waals surface area contributed by atoms with Gasteiger partial charge in [0.1, 0.15) is 5.82 Å². The third-order valence-electron chi connectivity index (χ3n) is 4.41. The van der Waals surface area contributed by atoms with E-state index in [-0.39, 0.29) is 23.7 Å². The molecule has 6 nitrogen and oxygen atoms in total. The Kier molecular flexibility index (Phi) is 4.31. The van der Waals surface area contributed by atoms with Gasteiger partial charge in [-0.05, 0) is 42.3 Å². The van der Waals surface area contributed by atoms with E-state index in [1.807, 2.05) is 6.92 Å². The number of halogens is 2. The zero-order valence-corrected chi connectivity index (χ0v) is 15.3. The maximum absolute atomic E-state index is 13.5. The molecule has 0 atom stereocenters. The van der Waals surface area contributed by atoms with E-state index < -0.39 is 5.69 Å². The standard InChI is InChI=1S/C19H16ClFN4O2/c1-2-8-23-17(26)15-7-6-13(20)10-16(15)25-18(23)22-24(19(25)27)11-12-4-3-5-14(21)9-12/h3-7,9-10H,2,8,11H2,1H3. The van der Waals surface area contributed by atoms with Crippen LogP contribution in [0.3, 0.4) is 0 Å². The summed E-state index contributed by atoms with van der Waals surface area (Å²) >= 11 is 6.09. The molecule has 27 heavy (non-hydrogen) atoms. The van der Waals surface area contributed by atoms with Crippen molar-refractivity contribution in [3.63, 3.8) is 0 Å². The van der Waals surface area contributed by atoms with Crippen LogP contribution >= 0.6 is 11.6 Å². The summed E-state index contributed by atoms with van der Waals surface area (Å²) in [6.07, 6.45) is 0.708. The minimum Gasteiger partial charge on any atom is -0.276 e. The number of nitrogens with zero attached hydrogens (tertiary/aromatic N) is 4. The molecule has 0 spiro atoms. The molecule has 0 radical (unpaired) electrons. The van der Waals surface area contributed by atoms with E-state index in [9.17, 15) is 14.0 Å². The molecule has 0 aliphatic heterocycles. The fourth-order valence-corrected chi connectivity index (χ4v) is 3.39. The van der Waals surface area contributed by atoms with Crippen LogP contribution in [-0.4, -0.2) is 18.7 Å². The first-order valence-corrected chi connectivity index (χ1v) is 8.93. The second-order valence-corrected chi connectivity index (χ2v) is 6.76. The Morgan fingerprint density at radius 3 is 2.70 bits per heavy atom. The number of fused-ring (bicyclic) bond motifs is 3. The van der Waals surface area contributed by atoms with Crippen LogP contribution in [0.5, 0.6) is 0 Å². The second kappa shape index (κ2) is 6.66. The Hall–Kier alpha value is -2.93. The molecule has 0 fully saturated rings. The van der Waals surface area contributed by atoms with Gasteiger partial charge in [0.25, 0.3) is 5.56 Å². The van der Waals surface area contributed by atoms with Crippen molar-refractivity contribution >= 4 is 28.3 Å². The summed E-state index contributed by atoms with van der Waals surface area (Å²) in [6, 6.07) is 10.8. The van der Waals surface area contributed by atoms with Gasteiger partial charge >= 0.3 is 5.69 Å². The predicted octanol–water partition coefficient (Wildman–Crippen LogP) is 3.06. The monoisotopic (exact) mass is 386 g/mol. The Balaban J connectivity index is 2.04. The first-order chi connectivity index (χ1) is 13.0.